The van der Waals surface area contributed by atoms with Crippen LogP contribution in [-0.2, 0) is 10.5 Å². The summed E-state index contributed by atoms with van der Waals surface area (Å²) in [5, 5.41) is 12.0. The molecule has 1 heterocycles. The molecule has 0 saturated carbocycles. The first-order valence-electron chi connectivity index (χ1n) is 6.17. The highest BCUT2D eigenvalue weighted by atomic mass is 32.2. The zero-order valence-corrected chi connectivity index (χ0v) is 11.3. The lowest BCUT2D eigenvalue weighted by Crippen LogP contribution is -2.18. The number of hydrogen-bond acceptors (Lipinski definition) is 4. The summed E-state index contributed by atoms with van der Waals surface area (Å²) < 4.78 is 19.4. The summed E-state index contributed by atoms with van der Waals surface area (Å²) in [6, 6.07) is 4.96. The predicted octanol–water partition coefficient (Wildman–Crippen LogP) is 2.33. The predicted molar refractivity (Wildman–Crippen MR) is 74.0 cm³/mol. The molecule has 0 bridgehead atoms. The van der Waals surface area contributed by atoms with Crippen LogP contribution in [0.3, 0.4) is 0 Å². The number of rotatable bonds is 4. The first-order chi connectivity index (χ1) is 9.22. The molecule has 1 saturated heterocycles. The third-order valence-electron chi connectivity index (χ3n) is 3.11. The van der Waals surface area contributed by atoms with E-state index < -0.39 is 5.82 Å². The van der Waals surface area contributed by atoms with Gasteiger partial charge in [-0.2, -0.15) is 11.8 Å². The Balaban J connectivity index is 2.04. The Morgan fingerprint density at radius 1 is 1.47 bits per heavy atom. The number of halogens is 1. The molecule has 0 radical (unpaired) electrons. The Labute approximate surface area is 115 Å². The second-order valence-corrected chi connectivity index (χ2v) is 5.68. The van der Waals surface area contributed by atoms with E-state index in [9.17, 15) is 4.39 Å². The highest BCUT2D eigenvalue weighted by molar-refractivity contribution is 7.99. The summed E-state index contributed by atoms with van der Waals surface area (Å²) in [6.45, 7) is 1.56. The number of ether oxygens (including phenoxy) is 1. The smallest absolute Gasteiger partial charge is 0.173 e. The van der Waals surface area contributed by atoms with E-state index >= 15 is 0 Å². The minimum atomic E-state index is -0.405. The van der Waals surface area contributed by atoms with E-state index in [4.69, 9.17) is 15.7 Å². The van der Waals surface area contributed by atoms with Crippen molar-refractivity contribution in [2.75, 3.05) is 13.2 Å². The number of thioether (sulfide) groups is 1. The molecule has 0 aromatic heterocycles. The second kappa shape index (κ2) is 6.77. The fourth-order valence-electron chi connectivity index (χ4n) is 1.99. The Morgan fingerprint density at radius 3 is 2.89 bits per heavy atom. The van der Waals surface area contributed by atoms with Gasteiger partial charge in [0.05, 0.1) is 5.56 Å². The molecule has 1 aromatic carbocycles. The van der Waals surface area contributed by atoms with Gasteiger partial charge in [-0.3, -0.25) is 0 Å². The van der Waals surface area contributed by atoms with E-state index in [2.05, 4.69) is 5.16 Å². The van der Waals surface area contributed by atoms with Crippen LogP contribution in [0.4, 0.5) is 4.39 Å². The van der Waals surface area contributed by atoms with Crippen molar-refractivity contribution in [3.63, 3.8) is 0 Å². The topological polar surface area (TPSA) is 67.8 Å². The quantitative estimate of drug-likeness (QED) is 0.385. The molecule has 19 heavy (non-hydrogen) atoms. The molecule has 1 aromatic rings. The summed E-state index contributed by atoms with van der Waals surface area (Å²) >= 11 is 1.73. The number of hydrogen-bond donors (Lipinski definition) is 2. The van der Waals surface area contributed by atoms with Gasteiger partial charge in [-0.05, 0) is 24.5 Å². The van der Waals surface area contributed by atoms with Crippen molar-refractivity contribution in [3.8, 4) is 0 Å². The molecule has 3 N–H and O–H groups in total. The van der Waals surface area contributed by atoms with Gasteiger partial charge >= 0.3 is 0 Å². The zero-order chi connectivity index (χ0) is 13.7. The normalized spacial score (nSPS) is 17.6. The third-order valence-corrected chi connectivity index (χ3v) is 4.53. The molecule has 2 rings (SSSR count). The van der Waals surface area contributed by atoms with E-state index in [1.54, 1.807) is 23.9 Å². The number of nitrogens with two attached hydrogens (primary N) is 1. The van der Waals surface area contributed by atoms with Gasteiger partial charge in [-0.15, -0.1) is 0 Å². The number of nitrogens with zero attached hydrogens (tertiary/aromatic N) is 1. The first kappa shape index (κ1) is 14.1. The minimum absolute atomic E-state index is 0.146. The van der Waals surface area contributed by atoms with Crippen molar-refractivity contribution in [2.24, 2.45) is 10.9 Å². The van der Waals surface area contributed by atoms with Crippen molar-refractivity contribution < 1.29 is 14.3 Å². The molecule has 0 unspecified atom stereocenters. The van der Waals surface area contributed by atoms with Crippen LogP contribution < -0.4 is 5.73 Å². The van der Waals surface area contributed by atoms with E-state index in [1.807, 2.05) is 0 Å². The maximum Gasteiger partial charge on any atom is 0.173 e. The van der Waals surface area contributed by atoms with E-state index in [1.165, 1.54) is 6.07 Å². The Bertz CT molecular complexity index is 462. The summed E-state index contributed by atoms with van der Waals surface area (Å²) in [6.07, 6.45) is 2.01. The lowest BCUT2D eigenvalue weighted by molar-refractivity contribution is 0.1000. The van der Waals surface area contributed by atoms with Crippen LogP contribution in [0.25, 0.3) is 0 Å². The van der Waals surface area contributed by atoms with Gasteiger partial charge in [-0.1, -0.05) is 17.3 Å². The van der Waals surface area contributed by atoms with Gasteiger partial charge < -0.3 is 15.7 Å². The fraction of sp³-hybridized carbons (Fsp3) is 0.462. The molecule has 0 amide bonds. The summed E-state index contributed by atoms with van der Waals surface area (Å²) in [7, 11) is 0. The van der Waals surface area contributed by atoms with Crippen molar-refractivity contribution in [2.45, 2.75) is 23.8 Å². The van der Waals surface area contributed by atoms with Crippen molar-refractivity contribution in [1.82, 2.24) is 0 Å². The van der Waals surface area contributed by atoms with Gasteiger partial charge in [0, 0.05) is 24.2 Å². The number of amidine groups is 1. The van der Waals surface area contributed by atoms with E-state index in [0.29, 0.717) is 16.6 Å². The monoisotopic (exact) mass is 284 g/mol. The summed E-state index contributed by atoms with van der Waals surface area (Å²) in [5.41, 5.74) is 6.17. The molecule has 0 atom stereocenters. The molecule has 4 nitrogen and oxygen atoms in total. The third kappa shape index (κ3) is 3.61. The van der Waals surface area contributed by atoms with Gasteiger partial charge in [-0.25, -0.2) is 4.39 Å². The Kier molecular flexibility index (Phi) is 5.04. The van der Waals surface area contributed by atoms with E-state index in [-0.39, 0.29) is 11.4 Å². The average Bonchev–Trinajstić information content (AvgIpc) is 2.46. The standard InChI is InChI=1S/C13H17FN2O2S/c14-12-9(2-1-3-11(12)13(15)16-17)8-19-10-4-6-18-7-5-10/h1-3,10,17H,4-8H2,(H2,15,16). The van der Waals surface area contributed by atoms with Crippen LogP contribution in [0, 0.1) is 5.82 Å². The van der Waals surface area contributed by atoms with Crippen LogP contribution in [0.1, 0.15) is 24.0 Å². The van der Waals surface area contributed by atoms with Gasteiger partial charge in [0.1, 0.15) is 5.82 Å². The Hall–Kier alpha value is -1.27. The molecule has 1 fully saturated rings. The lowest BCUT2D eigenvalue weighted by Gasteiger charge is -2.21. The van der Waals surface area contributed by atoms with Crippen LogP contribution in [-0.4, -0.2) is 29.5 Å². The molecule has 6 heteroatoms. The fourth-order valence-corrected chi connectivity index (χ4v) is 3.16. The SMILES string of the molecule is N/C(=N/O)c1cccc(CSC2CCOCC2)c1F. The molecule has 1 aliphatic heterocycles. The van der Waals surface area contributed by atoms with Crippen LogP contribution in [0.2, 0.25) is 0 Å². The van der Waals surface area contributed by atoms with Crippen molar-refractivity contribution >= 4 is 17.6 Å². The van der Waals surface area contributed by atoms with Gasteiger partial charge in [0.2, 0.25) is 0 Å². The van der Waals surface area contributed by atoms with Gasteiger partial charge in [0.15, 0.2) is 5.84 Å². The number of benzene rings is 1. The van der Waals surface area contributed by atoms with Crippen molar-refractivity contribution in [1.29, 1.82) is 0 Å². The minimum Gasteiger partial charge on any atom is -0.409 e. The average molecular weight is 284 g/mol. The van der Waals surface area contributed by atoms with Crippen LogP contribution in [0.5, 0.6) is 0 Å². The highest BCUT2D eigenvalue weighted by Gasteiger charge is 2.16. The highest BCUT2D eigenvalue weighted by Crippen LogP contribution is 2.27. The van der Waals surface area contributed by atoms with Gasteiger partial charge in [0.25, 0.3) is 0 Å². The molecule has 0 aliphatic carbocycles. The largest absolute Gasteiger partial charge is 0.409 e. The molecular formula is C13H17FN2O2S. The zero-order valence-electron chi connectivity index (χ0n) is 10.5. The summed E-state index contributed by atoms with van der Waals surface area (Å²) in [5.74, 6) is -0.0176. The number of oxime groups is 1. The second-order valence-electron chi connectivity index (χ2n) is 4.39. The van der Waals surface area contributed by atoms with E-state index in [0.717, 1.165) is 26.1 Å². The maximum absolute atomic E-state index is 14.2. The Morgan fingerprint density at radius 2 is 2.21 bits per heavy atom. The lowest BCUT2D eigenvalue weighted by atomic mass is 10.1. The summed E-state index contributed by atoms with van der Waals surface area (Å²) in [4.78, 5) is 0. The maximum atomic E-state index is 14.2. The first-order valence-corrected chi connectivity index (χ1v) is 7.22. The molecule has 0 spiro atoms. The molecular weight excluding hydrogens is 267 g/mol. The molecule has 104 valence electrons. The van der Waals surface area contributed by atoms with Crippen LogP contribution >= 0.6 is 11.8 Å². The van der Waals surface area contributed by atoms with Crippen molar-refractivity contribution in [3.05, 3.63) is 35.1 Å². The van der Waals surface area contributed by atoms with Crippen LogP contribution in [0.15, 0.2) is 23.4 Å². The molecule has 1 aliphatic rings.